The third-order valence-corrected chi connectivity index (χ3v) is 5.42. The molecular weight excluding hydrogens is 312 g/mol. The van der Waals surface area contributed by atoms with Crippen LogP contribution < -0.4 is 14.8 Å². The Morgan fingerprint density at radius 1 is 1.12 bits per heavy atom. The number of nitrogens with one attached hydrogen (secondary N) is 2. The van der Waals surface area contributed by atoms with E-state index >= 15 is 0 Å². The Morgan fingerprint density at radius 3 is 2.92 bits per heavy atom. The van der Waals surface area contributed by atoms with Crippen LogP contribution in [0.4, 0.5) is 0 Å². The maximum Gasteiger partial charge on any atom is 0.231 e. The monoisotopic (exact) mass is 334 g/mol. The van der Waals surface area contributed by atoms with Crippen molar-refractivity contribution in [2.75, 3.05) is 13.3 Å². The molecule has 4 nitrogen and oxygen atoms in total. The van der Waals surface area contributed by atoms with Crippen molar-refractivity contribution in [2.24, 2.45) is 0 Å². The van der Waals surface area contributed by atoms with Gasteiger partial charge in [0.2, 0.25) is 6.79 Å². The number of ether oxygens (including phenoxy) is 2. The van der Waals surface area contributed by atoms with E-state index in [0.29, 0.717) is 12.8 Å². The summed E-state index contributed by atoms with van der Waals surface area (Å²) in [5.41, 5.74) is 6.69. The van der Waals surface area contributed by atoms with Crippen molar-refractivity contribution in [3.8, 4) is 11.5 Å². The quantitative estimate of drug-likeness (QED) is 0.760. The molecule has 25 heavy (non-hydrogen) atoms. The summed E-state index contributed by atoms with van der Waals surface area (Å²) in [4.78, 5) is 3.40. The van der Waals surface area contributed by atoms with Crippen LogP contribution in [0.15, 0.2) is 36.5 Å². The summed E-state index contributed by atoms with van der Waals surface area (Å²) in [6, 6.07) is 11.3. The van der Waals surface area contributed by atoms with Crippen LogP contribution in [0, 0.1) is 6.92 Å². The lowest BCUT2D eigenvalue weighted by Crippen LogP contribution is -2.30. The third kappa shape index (κ3) is 2.57. The molecule has 3 heterocycles. The number of rotatable bonds is 3. The maximum absolute atomic E-state index is 5.58. The first-order valence-corrected chi connectivity index (χ1v) is 9.00. The van der Waals surface area contributed by atoms with E-state index in [-0.39, 0.29) is 0 Å². The molecule has 0 bridgehead atoms. The summed E-state index contributed by atoms with van der Waals surface area (Å²) < 4.78 is 11.1. The van der Waals surface area contributed by atoms with Gasteiger partial charge in [-0.15, -0.1) is 0 Å². The number of aryl methyl sites for hydroxylation is 2. The van der Waals surface area contributed by atoms with E-state index < -0.39 is 0 Å². The van der Waals surface area contributed by atoms with Gasteiger partial charge in [-0.2, -0.15) is 0 Å². The zero-order chi connectivity index (χ0) is 16.8. The highest BCUT2D eigenvalue weighted by Crippen LogP contribution is 2.39. The van der Waals surface area contributed by atoms with Crippen molar-refractivity contribution in [2.45, 2.75) is 32.2 Å². The minimum atomic E-state index is 0.338. The van der Waals surface area contributed by atoms with E-state index in [0.717, 1.165) is 37.3 Å². The smallest absolute Gasteiger partial charge is 0.231 e. The molecule has 0 radical (unpaired) electrons. The van der Waals surface area contributed by atoms with Gasteiger partial charge in [0, 0.05) is 23.1 Å². The Bertz CT molecular complexity index is 944. The van der Waals surface area contributed by atoms with E-state index in [1.807, 2.05) is 0 Å². The molecule has 4 heteroatoms. The van der Waals surface area contributed by atoms with E-state index in [1.54, 1.807) is 0 Å². The molecule has 2 N–H and O–H groups in total. The van der Waals surface area contributed by atoms with Crippen LogP contribution in [0.3, 0.4) is 0 Å². The molecule has 128 valence electrons. The second-order valence-corrected chi connectivity index (χ2v) is 7.06. The van der Waals surface area contributed by atoms with Crippen LogP contribution in [0.2, 0.25) is 0 Å². The summed E-state index contributed by atoms with van der Waals surface area (Å²) in [7, 11) is 0. The van der Waals surface area contributed by atoms with Crippen LogP contribution in [0.1, 0.15) is 34.7 Å². The standard InChI is InChI=1S/C21H22N2O2/c1-13-2-4-19-16(8-13)15(11-23-19)3-5-18-17-10-21-20(24-12-25-21)9-14(17)6-7-22-18/h2,4,8-11,18,22-23H,3,5-7,12H2,1H3. The minimum absolute atomic E-state index is 0.338. The molecule has 3 aromatic rings. The number of aromatic nitrogens is 1. The molecule has 0 aliphatic carbocycles. The van der Waals surface area contributed by atoms with Crippen LogP contribution in [-0.2, 0) is 12.8 Å². The molecule has 1 aromatic heterocycles. The molecule has 1 atom stereocenters. The van der Waals surface area contributed by atoms with Crippen molar-refractivity contribution in [1.29, 1.82) is 0 Å². The van der Waals surface area contributed by atoms with Gasteiger partial charge in [-0.25, -0.2) is 0 Å². The molecule has 0 spiro atoms. The molecule has 2 aliphatic heterocycles. The molecule has 5 rings (SSSR count). The number of aromatic amines is 1. The van der Waals surface area contributed by atoms with Gasteiger partial charge in [0.15, 0.2) is 11.5 Å². The summed E-state index contributed by atoms with van der Waals surface area (Å²) in [5.74, 6) is 1.78. The van der Waals surface area contributed by atoms with Crippen LogP contribution in [0.5, 0.6) is 11.5 Å². The zero-order valence-corrected chi connectivity index (χ0v) is 14.4. The molecule has 0 saturated carbocycles. The summed E-state index contributed by atoms with van der Waals surface area (Å²) in [6.45, 7) is 3.51. The van der Waals surface area contributed by atoms with E-state index in [2.05, 4.69) is 53.8 Å². The van der Waals surface area contributed by atoms with Crippen molar-refractivity contribution < 1.29 is 9.47 Å². The lowest BCUT2D eigenvalue weighted by molar-refractivity contribution is 0.174. The van der Waals surface area contributed by atoms with Crippen molar-refractivity contribution in [3.63, 3.8) is 0 Å². The Kier molecular flexibility index (Phi) is 3.45. The highest BCUT2D eigenvalue weighted by molar-refractivity contribution is 5.83. The topological polar surface area (TPSA) is 46.3 Å². The van der Waals surface area contributed by atoms with Gasteiger partial charge in [-0.3, -0.25) is 0 Å². The molecular formula is C21H22N2O2. The van der Waals surface area contributed by atoms with Gasteiger partial charge in [0.05, 0.1) is 0 Å². The van der Waals surface area contributed by atoms with E-state index in [1.165, 1.54) is 33.2 Å². The first-order valence-electron chi connectivity index (χ1n) is 9.00. The van der Waals surface area contributed by atoms with Gasteiger partial charge >= 0.3 is 0 Å². The Balaban J connectivity index is 1.41. The highest BCUT2D eigenvalue weighted by atomic mass is 16.7. The lowest BCUT2D eigenvalue weighted by atomic mass is 9.90. The average molecular weight is 334 g/mol. The number of fused-ring (bicyclic) bond motifs is 3. The van der Waals surface area contributed by atoms with Crippen LogP contribution >= 0.6 is 0 Å². The average Bonchev–Trinajstić information content (AvgIpc) is 3.24. The largest absolute Gasteiger partial charge is 0.454 e. The zero-order valence-electron chi connectivity index (χ0n) is 14.4. The highest BCUT2D eigenvalue weighted by Gasteiger charge is 2.24. The molecule has 0 amide bonds. The van der Waals surface area contributed by atoms with Gasteiger partial charge in [0.1, 0.15) is 0 Å². The number of hydrogen-bond donors (Lipinski definition) is 2. The van der Waals surface area contributed by atoms with Gasteiger partial charge in [-0.05, 0) is 73.7 Å². The Labute approximate surface area is 147 Å². The molecule has 2 aliphatic rings. The fraction of sp³-hybridized carbons (Fsp3) is 0.333. The minimum Gasteiger partial charge on any atom is -0.454 e. The molecule has 0 saturated heterocycles. The predicted octanol–water partition coefficient (Wildman–Crippen LogP) is 4.02. The van der Waals surface area contributed by atoms with Gasteiger partial charge in [-0.1, -0.05) is 11.6 Å². The third-order valence-electron chi connectivity index (χ3n) is 5.42. The molecule has 2 aromatic carbocycles. The fourth-order valence-electron chi connectivity index (χ4n) is 4.09. The Morgan fingerprint density at radius 2 is 2.00 bits per heavy atom. The lowest BCUT2D eigenvalue weighted by Gasteiger charge is -2.27. The normalized spacial score (nSPS) is 18.5. The van der Waals surface area contributed by atoms with Gasteiger partial charge < -0.3 is 19.8 Å². The number of H-pyrrole nitrogens is 1. The second-order valence-electron chi connectivity index (χ2n) is 7.06. The first-order chi connectivity index (χ1) is 12.3. The maximum atomic E-state index is 5.58. The number of benzene rings is 2. The SMILES string of the molecule is Cc1ccc2[nH]cc(CCC3NCCc4cc5c(cc43)OCO5)c2c1. The van der Waals surface area contributed by atoms with Crippen molar-refractivity contribution >= 4 is 10.9 Å². The predicted molar refractivity (Wildman–Crippen MR) is 98.4 cm³/mol. The van der Waals surface area contributed by atoms with E-state index in [9.17, 15) is 0 Å². The summed E-state index contributed by atoms with van der Waals surface area (Å²) in [6.07, 6.45) is 5.34. The Hall–Kier alpha value is -2.46. The van der Waals surface area contributed by atoms with Gasteiger partial charge in [0.25, 0.3) is 0 Å². The summed E-state index contributed by atoms with van der Waals surface area (Å²) in [5, 5.41) is 5.03. The van der Waals surface area contributed by atoms with Crippen molar-refractivity contribution in [3.05, 3.63) is 58.8 Å². The van der Waals surface area contributed by atoms with Crippen molar-refractivity contribution in [1.82, 2.24) is 10.3 Å². The van der Waals surface area contributed by atoms with E-state index in [4.69, 9.17) is 9.47 Å². The molecule has 1 unspecified atom stereocenters. The first kappa shape index (κ1) is 14.8. The fourth-order valence-corrected chi connectivity index (χ4v) is 4.09. The second kappa shape index (κ2) is 5.81. The van der Waals surface area contributed by atoms with Crippen LogP contribution in [-0.4, -0.2) is 18.3 Å². The number of hydrogen-bond acceptors (Lipinski definition) is 3. The van der Waals surface area contributed by atoms with Crippen LogP contribution in [0.25, 0.3) is 10.9 Å². The molecule has 0 fully saturated rings. The summed E-state index contributed by atoms with van der Waals surface area (Å²) >= 11 is 0.